The fourth-order valence-corrected chi connectivity index (χ4v) is 12.9. The maximum absolute atomic E-state index is 5.84. The van der Waals surface area contributed by atoms with Crippen molar-refractivity contribution < 1.29 is 0 Å². The number of rotatable bonds is 8. The van der Waals surface area contributed by atoms with Gasteiger partial charge in [-0.2, -0.15) is 0 Å². The molecule has 7 heterocycles. The molecule has 0 saturated carbocycles. The molecule has 2 aliphatic carbocycles. The molecule has 2 unspecified atom stereocenters. The number of aliphatic imine (C=N–C) groups is 3. The van der Waals surface area contributed by atoms with Crippen LogP contribution in [0.15, 0.2) is 233 Å². The second kappa shape index (κ2) is 19.0. The molecule has 79 heavy (non-hydrogen) atoms. The van der Waals surface area contributed by atoms with Crippen molar-refractivity contribution in [3.8, 4) is 16.8 Å². The molecule has 0 fully saturated rings. The van der Waals surface area contributed by atoms with Crippen LogP contribution in [0.1, 0.15) is 65.8 Å². The summed E-state index contributed by atoms with van der Waals surface area (Å²) in [4.78, 5) is 20.9. The number of hydrogen-bond donors (Lipinski definition) is 0. The molecule has 378 valence electrons. The molecular weight excluding hydrogens is 965 g/mol. The third kappa shape index (κ3) is 7.68. The largest absolute Gasteiger partial charge is 0.332 e. The Balaban J connectivity index is 0.930. The van der Waals surface area contributed by atoms with E-state index in [0.717, 1.165) is 104 Å². The molecule has 0 amide bonds. The molecule has 6 aromatic carbocycles. The predicted molar refractivity (Wildman–Crippen MR) is 328 cm³/mol. The molecule has 8 heteroatoms. The van der Waals surface area contributed by atoms with Gasteiger partial charge in [-0.05, 0) is 133 Å². The number of fused-ring (bicyclic) bond motifs is 11. The number of nitrogens with zero attached hydrogens (tertiary/aromatic N) is 8. The van der Waals surface area contributed by atoms with E-state index < -0.39 is 0 Å². The molecule has 2 aliphatic heterocycles. The highest BCUT2D eigenvalue weighted by atomic mass is 15.1. The van der Waals surface area contributed by atoms with Crippen LogP contribution < -0.4 is 0 Å². The maximum Gasteiger partial charge on any atom is 0.161 e. The zero-order valence-corrected chi connectivity index (χ0v) is 43.9. The molecular formula is C71H54N8. The zero-order valence-electron chi connectivity index (χ0n) is 43.9. The Bertz CT molecular complexity index is 4640. The van der Waals surface area contributed by atoms with E-state index in [1.807, 2.05) is 18.5 Å². The summed E-state index contributed by atoms with van der Waals surface area (Å²) in [6.45, 7) is 7.71. The van der Waals surface area contributed by atoms with Crippen molar-refractivity contribution in [1.29, 1.82) is 0 Å². The average Bonchev–Trinajstić information content (AvgIpc) is 4.41. The van der Waals surface area contributed by atoms with Gasteiger partial charge in [-0.15, -0.1) is 0 Å². The molecule has 0 saturated heterocycles. The number of para-hydroxylation sites is 1. The quantitative estimate of drug-likeness (QED) is 0.140. The predicted octanol–water partition coefficient (Wildman–Crippen LogP) is 16.5. The highest BCUT2D eigenvalue weighted by molar-refractivity contribution is 6.28. The third-order valence-corrected chi connectivity index (χ3v) is 16.5. The van der Waals surface area contributed by atoms with Crippen LogP contribution in [0.2, 0.25) is 0 Å². The molecule has 0 spiro atoms. The highest BCUT2D eigenvalue weighted by Gasteiger charge is 2.27. The molecule has 0 radical (unpaired) electrons. The van der Waals surface area contributed by atoms with E-state index in [9.17, 15) is 0 Å². The first-order chi connectivity index (χ1) is 39.1. The van der Waals surface area contributed by atoms with Crippen molar-refractivity contribution in [2.24, 2.45) is 15.0 Å². The van der Waals surface area contributed by atoms with E-state index in [0.29, 0.717) is 18.7 Å². The average molecular weight is 1020 g/mol. The van der Waals surface area contributed by atoms with Crippen molar-refractivity contribution in [1.82, 2.24) is 23.3 Å². The highest BCUT2D eigenvalue weighted by Crippen LogP contribution is 2.42. The van der Waals surface area contributed by atoms with Gasteiger partial charge in [0.15, 0.2) is 5.84 Å². The third-order valence-electron chi connectivity index (χ3n) is 16.5. The van der Waals surface area contributed by atoms with E-state index in [1.54, 1.807) is 0 Å². The second-order valence-corrected chi connectivity index (χ2v) is 21.0. The molecule has 15 rings (SSSR count). The van der Waals surface area contributed by atoms with E-state index in [2.05, 4.69) is 237 Å². The van der Waals surface area contributed by atoms with Gasteiger partial charge in [0.1, 0.15) is 5.84 Å². The second-order valence-electron chi connectivity index (χ2n) is 21.0. The normalized spacial score (nSPS) is 17.9. The lowest BCUT2D eigenvalue weighted by molar-refractivity contribution is 0.622. The lowest BCUT2D eigenvalue weighted by atomic mass is 10.0. The monoisotopic (exact) mass is 1020 g/mol. The first kappa shape index (κ1) is 46.5. The first-order valence-corrected chi connectivity index (χ1v) is 27.5. The maximum atomic E-state index is 5.84. The number of benzene rings is 5. The van der Waals surface area contributed by atoms with Crippen LogP contribution in [-0.2, 0) is 6.42 Å². The van der Waals surface area contributed by atoms with Crippen molar-refractivity contribution in [2.45, 2.75) is 51.1 Å². The van der Waals surface area contributed by atoms with Crippen LogP contribution in [0, 0.1) is 19.1 Å². The van der Waals surface area contributed by atoms with Gasteiger partial charge in [-0.1, -0.05) is 140 Å². The summed E-state index contributed by atoms with van der Waals surface area (Å²) < 4.78 is 9.72. The lowest BCUT2D eigenvalue weighted by Gasteiger charge is -2.20. The zero-order chi connectivity index (χ0) is 52.6. The fraction of sp³-hybridized carbons (Fsp3) is 0.127. The molecule has 2 atom stereocenters. The van der Waals surface area contributed by atoms with Crippen molar-refractivity contribution in [2.75, 3.05) is 6.54 Å². The smallest absolute Gasteiger partial charge is 0.161 e. The summed E-state index contributed by atoms with van der Waals surface area (Å²) in [7, 11) is 0. The molecule has 0 N–H and O–H groups in total. The molecule has 8 nitrogen and oxygen atoms in total. The van der Waals surface area contributed by atoms with E-state index in [-0.39, 0.29) is 12.1 Å². The van der Waals surface area contributed by atoms with Crippen LogP contribution in [0.4, 0.5) is 0 Å². The Morgan fingerprint density at radius 3 is 2.35 bits per heavy atom. The van der Waals surface area contributed by atoms with Gasteiger partial charge in [0.25, 0.3) is 0 Å². The van der Waals surface area contributed by atoms with Crippen LogP contribution in [0.3, 0.4) is 0 Å². The van der Waals surface area contributed by atoms with Gasteiger partial charge in [-0.25, -0.2) is 9.98 Å². The Labute approximate surface area is 458 Å². The van der Waals surface area contributed by atoms with E-state index in [1.165, 1.54) is 49.6 Å². The van der Waals surface area contributed by atoms with Crippen LogP contribution in [0.5, 0.6) is 0 Å². The standard InChI is InChI=1S/C71H54N8/c1-46(32-35-61-47(2)54-38-40-72-44-66(54)76(61)51-21-8-4-9-22-51)60-28-17-31-68(75-71(74-60)50-33-36-64-59(43-50)56-39-41-73-45-67(56)77(64)52-23-10-5-11-24-52)79-62-29-14-12-26-55(62)57-34-37-65-69(70(57)79)58-27-13-15-30-63(58)78(65)53-25-16-20-49(42-53)48-18-6-3-7-19-48/h3-11,13-16,18-21,23,25,27-30,32-38,40,42-45,51-52H,1,17,22,24,31,39,41H2,2H3/b35-32-,60-28-,74-71?,75-68?. The summed E-state index contributed by atoms with van der Waals surface area (Å²) in [5.74, 6) is 1.53. The van der Waals surface area contributed by atoms with Crippen LogP contribution >= 0.6 is 0 Å². The van der Waals surface area contributed by atoms with Gasteiger partial charge < -0.3 is 13.7 Å². The van der Waals surface area contributed by atoms with Crippen molar-refractivity contribution in [3.05, 3.63) is 259 Å². The van der Waals surface area contributed by atoms with Gasteiger partial charge in [0.2, 0.25) is 0 Å². The number of aromatic nitrogens is 5. The Hall–Kier alpha value is -9.84. The molecule has 0 bridgehead atoms. The molecule has 4 aliphatic rings. The van der Waals surface area contributed by atoms with E-state index in [4.69, 9.17) is 21.6 Å². The Kier molecular flexibility index (Phi) is 11.2. The summed E-state index contributed by atoms with van der Waals surface area (Å²) in [6.07, 6.45) is 34.3. The summed E-state index contributed by atoms with van der Waals surface area (Å²) in [6, 6.07) is 53.2. The number of hydrogen-bond acceptors (Lipinski definition) is 4. The number of pyridine rings is 1. The summed E-state index contributed by atoms with van der Waals surface area (Å²) in [5.41, 5.74) is 17.5. The Morgan fingerprint density at radius 2 is 1.49 bits per heavy atom. The summed E-state index contributed by atoms with van der Waals surface area (Å²) >= 11 is 0. The minimum atomic E-state index is 0.170. The van der Waals surface area contributed by atoms with Gasteiger partial charge in [0, 0.05) is 74.8 Å². The van der Waals surface area contributed by atoms with E-state index >= 15 is 0 Å². The topological polar surface area (TPSA) is 69.7 Å². The SMILES string of the molecule is C=C(/C=C\c1c(C)c2ccncc2n1C1C=CC=CC1)/C1=C/CCC(n2c3ccc#cc3c3ccc4c(c5ccccc5n4-c4cccc(-c5ccccc5)c4)c32)=NC(c2ccc3c(c2)c2c(n3C3C=CC=CC3)C=NCC2)=N1. The summed E-state index contributed by atoms with van der Waals surface area (Å²) in [5, 5.41) is 6.84. The van der Waals surface area contributed by atoms with Gasteiger partial charge in [0.05, 0.1) is 62.6 Å². The Morgan fingerprint density at radius 1 is 0.671 bits per heavy atom. The van der Waals surface area contributed by atoms with Crippen molar-refractivity contribution >= 4 is 89.4 Å². The molecule has 5 aromatic heterocycles. The van der Waals surface area contributed by atoms with Gasteiger partial charge >= 0.3 is 0 Å². The lowest BCUT2D eigenvalue weighted by Crippen LogP contribution is -2.16. The van der Waals surface area contributed by atoms with Crippen LogP contribution in [-0.4, -0.2) is 47.7 Å². The number of aryl methyl sites for hydroxylation is 1. The first-order valence-electron chi connectivity index (χ1n) is 27.5. The van der Waals surface area contributed by atoms with Crippen molar-refractivity contribution in [3.63, 3.8) is 0 Å². The minimum absolute atomic E-state index is 0.170. The fourth-order valence-electron chi connectivity index (χ4n) is 12.9. The number of allylic oxidation sites excluding steroid dienone is 10. The van der Waals surface area contributed by atoms with Crippen LogP contribution in [0.25, 0.3) is 88.3 Å². The number of amidine groups is 1. The van der Waals surface area contributed by atoms with Gasteiger partial charge in [-0.3, -0.25) is 14.5 Å². The molecule has 11 aromatic rings. The minimum Gasteiger partial charge on any atom is -0.332 e.